The molecular weight excluding hydrogens is 430 g/mol. The van der Waals surface area contributed by atoms with Crippen LogP contribution in [0.2, 0.25) is 0 Å². The molecule has 0 amide bonds. The van der Waals surface area contributed by atoms with Crippen LogP contribution >= 0.6 is 0 Å². The first-order chi connectivity index (χ1) is 16.5. The SMILES string of the molecule is CC[C@@]1(CCCOCc2ccoc2)[C@H]2Cc3ccc(OC)c4c3[C@@]1(CCN2C)[C@H](C(C)OC)O4. The van der Waals surface area contributed by atoms with E-state index in [0.717, 1.165) is 62.3 Å². The quantitative estimate of drug-likeness (QED) is 0.458. The molecule has 2 aliphatic heterocycles. The van der Waals surface area contributed by atoms with Gasteiger partial charge < -0.3 is 28.3 Å². The molecule has 2 aromatic rings. The summed E-state index contributed by atoms with van der Waals surface area (Å²) >= 11 is 0. The lowest BCUT2D eigenvalue weighted by atomic mass is 9.44. The molecule has 1 spiro atoms. The molecule has 5 atom stereocenters. The molecule has 186 valence electrons. The Balaban J connectivity index is 1.53. The molecule has 1 aliphatic carbocycles. The number of hydrogen-bond acceptors (Lipinski definition) is 6. The molecule has 1 unspecified atom stereocenters. The Kier molecular flexibility index (Phi) is 6.42. The molecule has 6 nitrogen and oxygen atoms in total. The highest BCUT2D eigenvalue weighted by Crippen LogP contribution is 2.68. The topological polar surface area (TPSA) is 53.3 Å². The van der Waals surface area contributed by atoms with E-state index in [1.54, 1.807) is 26.7 Å². The van der Waals surface area contributed by atoms with Crippen molar-refractivity contribution in [2.75, 3.05) is 34.4 Å². The Morgan fingerprint density at radius 3 is 2.79 bits per heavy atom. The average Bonchev–Trinajstić information content (AvgIpc) is 3.49. The maximum Gasteiger partial charge on any atom is 0.165 e. The summed E-state index contributed by atoms with van der Waals surface area (Å²) in [6, 6.07) is 6.78. The van der Waals surface area contributed by atoms with E-state index in [2.05, 4.69) is 37.9 Å². The average molecular weight is 470 g/mol. The molecule has 0 saturated carbocycles. The van der Waals surface area contributed by atoms with Crippen LogP contribution in [0.1, 0.15) is 56.2 Å². The molecule has 3 heterocycles. The van der Waals surface area contributed by atoms with E-state index in [1.165, 1.54) is 11.1 Å². The monoisotopic (exact) mass is 469 g/mol. The van der Waals surface area contributed by atoms with Crippen LogP contribution in [0.3, 0.4) is 0 Å². The molecule has 0 radical (unpaired) electrons. The molecule has 1 saturated heterocycles. The van der Waals surface area contributed by atoms with Gasteiger partial charge in [0, 0.05) is 36.3 Å². The van der Waals surface area contributed by atoms with E-state index in [4.69, 9.17) is 23.4 Å². The minimum Gasteiger partial charge on any atom is -0.493 e. The van der Waals surface area contributed by atoms with E-state index < -0.39 is 0 Å². The van der Waals surface area contributed by atoms with E-state index in [9.17, 15) is 0 Å². The van der Waals surface area contributed by atoms with E-state index in [0.29, 0.717) is 12.6 Å². The van der Waals surface area contributed by atoms with Crippen LogP contribution in [0.4, 0.5) is 0 Å². The first-order valence-corrected chi connectivity index (χ1v) is 12.7. The van der Waals surface area contributed by atoms with Gasteiger partial charge in [-0.05, 0) is 75.7 Å². The van der Waals surface area contributed by atoms with Gasteiger partial charge in [0.1, 0.15) is 6.10 Å². The summed E-state index contributed by atoms with van der Waals surface area (Å²) in [5, 5.41) is 0. The Hall–Kier alpha value is -2.02. The third-order valence-corrected chi connectivity index (χ3v) is 9.12. The predicted octanol–water partition coefficient (Wildman–Crippen LogP) is 4.98. The van der Waals surface area contributed by atoms with Crippen LogP contribution < -0.4 is 9.47 Å². The van der Waals surface area contributed by atoms with Gasteiger partial charge in [0.2, 0.25) is 0 Å². The van der Waals surface area contributed by atoms with Gasteiger partial charge in [0.15, 0.2) is 11.5 Å². The highest BCUT2D eigenvalue weighted by molar-refractivity contribution is 5.62. The third-order valence-electron chi connectivity index (χ3n) is 9.12. The molecule has 6 heteroatoms. The Bertz CT molecular complexity index is 991. The van der Waals surface area contributed by atoms with Crippen molar-refractivity contribution in [3.05, 3.63) is 47.4 Å². The van der Waals surface area contributed by atoms with Gasteiger partial charge in [0.25, 0.3) is 0 Å². The lowest BCUT2D eigenvalue weighted by Crippen LogP contribution is -2.70. The molecule has 1 aromatic carbocycles. The fourth-order valence-corrected chi connectivity index (χ4v) is 7.54. The van der Waals surface area contributed by atoms with Crippen molar-refractivity contribution in [1.82, 2.24) is 4.90 Å². The van der Waals surface area contributed by atoms with Crippen molar-refractivity contribution in [2.24, 2.45) is 5.41 Å². The Morgan fingerprint density at radius 1 is 1.24 bits per heavy atom. The van der Waals surface area contributed by atoms with Crippen LogP contribution in [0, 0.1) is 5.41 Å². The summed E-state index contributed by atoms with van der Waals surface area (Å²) < 4.78 is 29.8. The van der Waals surface area contributed by atoms with Crippen molar-refractivity contribution in [3.8, 4) is 11.5 Å². The van der Waals surface area contributed by atoms with E-state index >= 15 is 0 Å². The number of likely N-dealkylation sites (N-methyl/N-ethyl adjacent to an activating group) is 1. The summed E-state index contributed by atoms with van der Waals surface area (Å²) in [7, 11) is 5.85. The highest BCUT2D eigenvalue weighted by Gasteiger charge is 2.69. The van der Waals surface area contributed by atoms with Crippen molar-refractivity contribution in [3.63, 3.8) is 0 Å². The number of ether oxygens (including phenoxy) is 4. The highest BCUT2D eigenvalue weighted by atomic mass is 16.6. The summed E-state index contributed by atoms with van der Waals surface area (Å²) in [6.07, 6.45) is 8.71. The minimum absolute atomic E-state index is 0.0182. The fourth-order valence-electron chi connectivity index (χ4n) is 7.54. The van der Waals surface area contributed by atoms with Gasteiger partial charge in [-0.1, -0.05) is 13.0 Å². The Morgan fingerprint density at radius 2 is 2.09 bits per heavy atom. The maximum atomic E-state index is 6.84. The zero-order valence-corrected chi connectivity index (χ0v) is 21.3. The van der Waals surface area contributed by atoms with Gasteiger partial charge in [-0.15, -0.1) is 0 Å². The number of hydrogen-bond donors (Lipinski definition) is 0. The number of rotatable bonds is 10. The number of nitrogens with zero attached hydrogens (tertiary/aromatic N) is 1. The number of furan rings is 1. The zero-order chi connectivity index (χ0) is 23.9. The lowest BCUT2D eigenvalue weighted by molar-refractivity contribution is -0.129. The van der Waals surface area contributed by atoms with Crippen LogP contribution in [0.25, 0.3) is 0 Å². The van der Waals surface area contributed by atoms with Crippen LogP contribution in [-0.4, -0.2) is 57.6 Å². The van der Waals surface area contributed by atoms with Gasteiger partial charge in [-0.3, -0.25) is 0 Å². The molecule has 1 fully saturated rings. The summed E-state index contributed by atoms with van der Waals surface area (Å²) in [5.74, 6) is 1.79. The summed E-state index contributed by atoms with van der Waals surface area (Å²) in [6.45, 7) is 6.94. The molecule has 5 rings (SSSR count). The fraction of sp³-hybridized carbons (Fsp3) is 0.643. The second kappa shape index (κ2) is 9.21. The summed E-state index contributed by atoms with van der Waals surface area (Å²) in [4.78, 5) is 2.60. The Labute approximate surface area is 203 Å². The first-order valence-electron chi connectivity index (χ1n) is 12.7. The largest absolute Gasteiger partial charge is 0.493 e. The van der Waals surface area contributed by atoms with Crippen molar-refractivity contribution in [2.45, 2.75) is 76.2 Å². The van der Waals surface area contributed by atoms with Gasteiger partial charge >= 0.3 is 0 Å². The molecule has 2 bridgehead atoms. The van der Waals surface area contributed by atoms with E-state index in [-0.39, 0.29) is 23.0 Å². The second-order valence-corrected chi connectivity index (χ2v) is 10.3. The number of likely N-dealkylation sites (tertiary alicyclic amines) is 1. The van der Waals surface area contributed by atoms with Crippen LogP contribution in [0.15, 0.2) is 35.1 Å². The second-order valence-electron chi connectivity index (χ2n) is 10.3. The third kappa shape index (κ3) is 3.33. The minimum atomic E-state index is -0.101. The first kappa shape index (κ1) is 23.7. The molecule has 34 heavy (non-hydrogen) atoms. The number of benzene rings is 1. The van der Waals surface area contributed by atoms with Gasteiger partial charge in [-0.2, -0.15) is 0 Å². The lowest BCUT2D eigenvalue weighted by Gasteiger charge is -2.64. The van der Waals surface area contributed by atoms with Crippen molar-refractivity contribution >= 4 is 0 Å². The molecule has 1 aromatic heterocycles. The maximum absolute atomic E-state index is 6.84. The number of fused-ring (bicyclic) bond motifs is 1. The molecule has 0 N–H and O–H groups in total. The molecular formula is C28H39NO5. The number of piperidine rings is 1. The number of methoxy groups -OCH3 is 2. The standard InChI is InChI=1S/C28H39NO5/c1-6-27(11-7-14-32-17-20-10-15-33-18-20)23-16-21-8-9-22(31-5)25-24(21)28(27,12-13-29(23)3)26(34-25)19(2)30-4/h8-10,15,18-19,23,26H,6-7,11-14,16-17H2,1-5H3/t19?,23-,26+,27-,28+/m1/s1. The van der Waals surface area contributed by atoms with E-state index in [1.807, 2.05) is 6.07 Å². The normalized spacial score (nSPS) is 30.6. The van der Waals surface area contributed by atoms with Gasteiger partial charge in [0.05, 0.1) is 32.3 Å². The van der Waals surface area contributed by atoms with Crippen molar-refractivity contribution in [1.29, 1.82) is 0 Å². The molecule has 3 aliphatic rings. The van der Waals surface area contributed by atoms with Crippen LogP contribution in [-0.2, 0) is 27.9 Å². The van der Waals surface area contributed by atoms with Gasteiger partial charge in [-0.25, -0.2) is 0 Å². The summed E-state index contributed by atoms with van der Waals surface area (Å²) in [5.41, 5.74) is 3.86. The predicted molar refractivity (Wildman–Crippen MR) is 131 cm³/mol. The zero-order valence-electron chi connectivity index (χ0n) is 21.3. The van der Waals surface area contributed by atoms with Crippen molar-refractivity contribution < 1.29 is 23.4 Å². The smallest absolute Gasteiger partial charge is 0.165 e. The van der Waals surface area contributed by atoms with Crippen LogP contribution in [0.5, 0.6) is 11.5 Å².